The van der Waals surface area contributed by atoms with Crippen LogP contribution in [-0.2, 0) is 9.53 Å². The molecule has 0 aromatic carbocycles. The lowest BCUT2D eigenvalue weighted by atomic mass is 10.3. The third kappa shape index (κ3) is 3.89. The Balaban J connectivity index is 3.55. The van der Waals surface area contributed by atoms with Gasteiger partial charge >= 0.3 is 5.97 Å². The van der Waals surface area contributed by atoms with Gasteiger partial charge < -0.3 is 4.74 Å². The molecule has 0 N–H and O–H groups in total. The lowest BCUT2D eigenvalue weighted by molar-refractivity contribution is -0.141. The van der Waals surface area contributed by atoms with Crippen LogP contribution in [0, 0.1) is 0 Å². The molecule has 0 rings (SSSR count). The van der Waals surface area contributed by atoms with Crippen LogP contribution in [0.15, 0.2) is 25.3 Å². The van der Waals surface area contributed by atoms with Crippen LogP contribution >= 0.6 is 0 Å². The molecule has 0 bridgehead atoms. The van der Waals surface area contributed by atoms with Crippen LogP contribution in [-0.4, -0.2) is 12.1 Å². The highest BCUT2D eigenvalue weighted by atomic mass is 16.5. The van der Waals surface area contributed by atoms with Gasteiger partial charge in [-0.3, -0.25) is 0 Å². The van der Waals surface area contributed by atoms with Crippen molar-refractivity contribution in [3.05, 3.63) is 25.3 Å². The summed E-state index contributed by atoms with van der Waals surface area (Å²) in [6.45, 7) is 8.60. The summed E-state index contributed by atoms with van der Waals surface area (Å²) in [7, 11) is 0. The first kappa shape index (κ1) is 8.95. The zero-order valence-corrected chi connectivity index (χ0v) is 6.17. The maximum atomic E-state index is 10.5. The van der Waals surface area contributed by atoms with Crippen LogP contribution < -0.4 is 0 Å². The molecule has 0 spiro atoms. The molecule has 10 heavy (non-hydrogen) atoms. The molecule has 0 saturated heterocycles. The van der Waals surface area contributed by atoms with E-state index in [1.807, 2.05) is 6.92 Å². The highest BCUT2D eigenvalue weighted by Crippen LogP contribution is 1.97. The lowest BCUT2D eigenvalue weighted by Gasteiger charge is -2.07. The topological polar surface area (TPSA) is 26.3 Å². The normalized spacial score (nSPS) is 11.7. The van der Waals surface area contributed by atoms with Crippen molar-refractivity contribution >= 4 is 5.97 Å². The Morgan fingerprint density at radius 3 is 2.70 bits per heavy atom. The van der Waals surface area contributed by atoms with Gasteiger partial charge in [0.25, 0.3) is 0 Å². The van der Waals surface area contributed by atoms with E-state index >= 15 is 0 Å². The number of rotatable bonds is 4. The van der Waals surface area contributed by atoms with Crippen LogP contribution in [0.3, 0.4) is 0 Å². The van der Waals surface area contributed by atoms with Gasteiger partial charge in [-0.15, -0.1) is 6.58 Å². The third-order valence-electron chi connectivity index (χ3n) is 0.983. The van der Waals surface area contributed by atoms with Gasteiger partial charge in [-0.25, -0.2) is 4.79 Å². The van der Waals surface area contributed by atoms with E-state index in [0.29, 0.717) is 6.42 Å². The van der Waals surface area contributed by atoms with E-state index in [9.17, 15) is 4.79 Å². The second-order valence-corrected chi connectivity index (χ2v) is 1.98. The number of hydrogen-bond acceptors (Lipinski definition) is 2. The SMILES string of the molecule is C=CC[C@H](C)OC(=O)C=C. The smallest absolute Gasteiger partial charge is 0.330 e. The van der Waals surface area contributed by atoms with Gasteiger partial charge in [-0.05, 0) is 6.92 Å². The molecule has 2 nitrogen and oxygen atoms in total. The summed E-state index contributed by atoms with van der Waals surface area (Å²) in [4.78, 5) is 10.5. The second-order valence-electron chi connectivity index (χ2n) is 1.98. The molecule has 0 unspecified atom stereocenters. The Morgan fingerprint density at radius 2 is 2.30 bits per heavy atom. The van der Waals surface area contributed by atoms with E-state index in [4.69, 9.17) is 4.74 Å². The first-order valence-corrected chi connectivity index (χ1v) is 3.14. The van der Waals surface area contributed by atoms with E-state index in [0.717, 1.165) is 6.08 Å². The molecule has 0 aromatic heterocycles. The van der Waals surface area contributed by atoms with Crippen molar-refractivity contribution in [2.45, 2.75) is 19.4 Å². The summed E-state index contributed by atoms with van der Waals surface area (Å²) in [5, 5.41) is 0. The van der Waals surface area contributed by atoms with Crippen molar-refractivity contribution in [2.75, 3.05) is 0 Å². The summed E-state index contributed by atoms with van der Waals surface area (Å²) < 4.78 is 4.81. The maximum Gasteiger partial charge on any atom is 0.330 e. The average molecular weight is 140 g/mol. The van der Waals surface area contributed by atoms with Crippen molar-refractivity contribution in [3.8, 4) is 0 Å². The van der Waals surface area contributed by atoms with Crippen molar-refractivity contribution in [2.24, 2.45) is 0 Å². The first-order chi connectivity index (χ1) is 4.70. The molecule has 0 amide bonds. The Labute approximate surface area is 61.2 Å². The number of hydrogen-bond donors (Lipinski definition) is 0. The van der Waals surface area contributed by atoms with Gasteiger partial charge in [0.2, 0.25) is 0 Å². The summed E-state index contributed by atoms with van der Waals surface area (Å²) in [5.74, 6) is -0.380. The number of ether oxygens (including phenoxy) is 1. The molecule has 0 fully saturated rings. The quantitative estimate of drug-likeness (QED) is 0.337. The van der Waals surface area contributed by atoms with Crippen molar-refractivity contribution in [3.63, 3.8) is 0 Å². The molecular formula is C8H12O2. The van der Waals surface area contributed by atoms with E-state index in [-0.39, 0.29) is 12.1 Å². The predicted molar refractivity (Wildman–Crippen MR) is 40.6 cm³/mol. The minimum Gasteiger partial charge on any atom is -0.459 e. The summed E-state index contributed by atoms with van der Waals surface area (Å²) in [6, 6.07) is 0. The van der Waals surface area contributed by atoms with Crippen molar-refractivity contribution in [1.29, 1.82) is 0 Å². The first-order valence-electron chi connectivity index (χ1n) is 3.14. The Kier molecular flexibility index (Phi) is 4.29. The molecule has 0 heterocycles. The molecule has 0 radical (unpaired) electrons. The fourth-order valence-corrected chi connectivity index (χ4v) is 0.529. The molecule has 2 heteroatoms. The predicted octanol–water partition coefficient (Wildman–Crippen LogP) is 1.68. The second kappa shape index (κ2) is 4.79. The number of carbonyl (C=O) groups excluding carboxylic acids is 1. The van der Waals surface area contributed by atoms with E-state index in [2.05, 4.69) is 13.2 Å². The molecule has 0 aromatic rings. The molecule has 1 atom stereocenters. The largest absolute Gasteiger partial charge is 0.459 e. The summed E-state index contributed by atoms with van der Waals surface area (Å²) in [6.07, 6.45) is 3.45. The van der Waals surface area contributed by atoms with E-state index < -0.39 is 0 Å². The standard InChI is InChI=1S/C8H12O2/c1-4-6-7(3)10-8(9)5-2/h4-5,7H,1-2,6H2,3H3/t7-/m0/s1. The molecule has 56 valence electrons. The van der Waals surface area contributed by atoms with Crippen LogP contribution in [0.25, 0.3) is 0 Å². The Bertz CT molecular complexity index is 138. The minimum atomic E-state index is -0.380. The van der Waals surface area contributed by atoms with Gasteiger partial charge in [0.15, 0.2) is 0 Å². The Morgan fingerprint density at radius 1 is 1.70 bits per heavy atom. The lowest BCUT2D eigenvalue weighted by Crippen LogP contribution is -2.11. The zero-order valence-electron chi connectivity index (χ0n) is 6.17. The Hall–Kier alpha value is -1.05. The van der Waals surface area contributed by atoms with Gasteiger partial charge in [0.1, 0.15) is 6.10 Å². The van der Waals surface area contributed by atoms with E-state index in [1.165, 1.54) is 0 Å². The van der Waals surface area contributed by atoms with Crippen LogP contribution in [0.1, 0.15) is 13.3 Å². The minimum absolute atomic E-state index is 0.0944. The summed E-state index contributed by atoms with van der Waals surface area (Å²) >= 11 is 0. The zero-order chi connectivity index (χ0) is 7.98. The fraction of sp³-hybridized carbons (Fsp3) is 0.375. The average Bonchev–Trinajstić information content (AvgIpc) is 1.88. The molecule has 0 aliphatic rings. The van der Waals surface area contributed by atoms with Gasteiger partial charge in [0, 0.05) is 12.5 Å². The third-order valence-corrected chi connectivity index (χ3v) is 0.983. The van der Waals surface area contributed by atoms with Gasteiger partial charge in [-0.1, -0.05) is 12.7 Å². The molecule has 0 saturated carbocycles. The van der Waals surface area contributed by atoms with Crippen LogP contribution in [0.2, 0.25) is 0 Å². The number of carbonyl (C=O) groups is 1. The fourth-order valence-electron chi connectivity index (χ4n) is 0.529. The van der Waals surface area contributed by atoms with Gasteiger partial charge in [-0.2, -0.15) is 0 Å². The van der Waals surface area contributed by atoms with Crippen molar-refractivity contribution in [1.82, 2.24) is 0 Å². The summed E-state index contributed by atoms with van der Waals surface area (Å²) in [5.41, 5.74) is 0. The highest BCUT2D eigenvalue weighted by Gasteiger charge is 2.02. The highest BCUT2D eigenvalue weighted by molar-refractivity contribution is 5.81. The van der Waals surface area contributed by atoms with Gasteiger partial charge in [0.05, 0.1) is 0 Å². The van der Waals surface area contributed by atoms with Crippen molar-refractivity contribution < 1.29 is 9.53 Å². The number of esters is 1. The maximum absolute atomic E-state index is 10.5. The van der Waals surface area contributed by atoms with E-state index in [1.54, 1.807) is 6.08 Å². The van der Waals surface area contributed by atoms with Crippen LogP contribution in [0.4, 0.5) is 0 Å². The van der Waals surface area contributed by atoms with Crippen LogP contribution in [0.5, 0.6) is 0 Å². The molecule has 0 aliphatic heterocycles. The monoisotopic (exact) mass is 140 g/mol. The molecule has 0 aliphatic carbocycles. The molecular weight excluding hydrogens is 128 g/mol.